The van der Waals surface area contributed by atoms with Crippen LogP contribution >= 0.6 is 11.8 Å². The third kappa shape index (κ3) is 8.75. The Labute approximate surface area is 211 Å². The first kappa shape index (κ1) is 26.8. The number of nitrogens with one attached hydrogen (secondary N) is 1. The minimum atomic E-state index is -1.08. The number of rotatable bonds is 10. The second-order valence-corrected chi connectivity index (χ2v) is 10.0. The van der Waals surface area contributed by atoms with Gasteiger partial charge in [0.2, 0.25) is 0 Å². The summed E-state index contributed by atoms with van der Waals surface area (Å²) >= 11 is 1.93. The van der Waals surface area contributed by atoms with Crippen molar-refractivity contribution in [3.8, 4) is 0 Å². The van der Waals surface area contributed by atoms with Gasteiger partial charge in [-0.25, -0.2) is 0 Å². The highest BCUT2D eigenvalue weighted by molar-refractivity contribution is 7.98. The molecule has 1 aromatic heterocycles. The first-order chi connectivity index (χ1) is 17.0. The third-order valence-electron chi connectivity index (χ3n) is 6.34. The number of aliphatic carboxylic acids is 2. The summed E-state index contributed by atoms with van der Waals surface area (Å²) in [6.07, 6.45) is 6.88. The second kappa shape index (κ2) is 14.0. The van der Waals surface area contributed by atoms with Gasteiger partial charge in [0.15, 0.2) is 0 Å². The van der Waals surface area contributed by atoms with E-state index in [2.05, 4.69) is 71.5 Å². The van der Waals surface area contributed by atoms with Crippen LogP contribution in [0.2, 0.25) is 0 Å². The van der Waals surface area contributed by atoms with E-state index in [1.165, 1.54) is 72.2 Å². The molecule has 0 radical (unpaired) electrons. The first-order valence-corrected chi connectivity index (χ1v) is 13.4. The van der Waals surface area contributed by atoms with E-state index in [0.29, 0.717) is 5.92 Å². The van der Waals surface area contributed by atoms with Gasteiger partial charge in [-0.05, 0) is 74.1 Å². The standard InChI is InChI=1S/C24H30N2S.C4H6O4/c1-2-3-13-26-14-11-20(12-15-26)23-17-25-24-10-9-21(16-22(23)24)27-18-19-7-5-4-6-8-19;5-3(6)1-2-4(7)8/h4-10,16-17,20,25H,2-3,11-15,18H2,1H3;1-2H2,(H,5,6)(H,7,8). The van der Waals surface area contributed by atoms with Crippen molar-refractivity contribution in [2.45, 2.75) is 62.0 Å². The molecule has 35 heavy (non-hydrogen) atoms. The van der Waals surface area contributed by atoms with E-state index in [4.69, 9.17) is 10.2 Å². The summed E-state index contributed by atoms with van der Waals surface area (Å²) in [7, 11) is 0. The number of nitrogens with zero attached hydrogens (tertiary/aromatic N) is 1. The van der Waals surface area contributed by atoms with Crippen LogP contribution in [0.15, 0.2) is 59.6 Å². The fourth-order valence-corrected chi connectivity index (χ4v) is 5.24. The normalized spacial score (nSPS) is 14.4. The molecule has 6 nitrogen and oxygen atoms in total. The SMILES string of the molecule is CCCCN1CCC(c2c[nH]c3ccc(SCc4ccccc4)cc23)CC1.O=C(O)CCC(=O)O. The van der Waals surface area contributed by atoms with Crippen molar-refractivity contribution >= 4 is 34.6 Å². The molecule has 0 saturated carbocycles. The Kier molecular flexibility index (Phi) is 10.7. The van der Waals surface area contributed by atoms with Gasteiger partial charge < -0.3 is 20.1 Å². The highest BCUT2D eigenvalue weighted by atomic mass is 32.2. The van der Waals surface area contributed by atoms with Gasteiger partial charge in [0, 0.05) is 27.7 Å². The molecule has 0 bridgehead atoms. The number of carboxylic acid groups (broad SMARTS) is 2. The molecule has 2 heterocycles. The third-order valence-corrected chi connectivity index (χ3v) is 7.41. The molecule has 0 amide bonds. The van der Waals surface area contributed by atoms with Crippen LogP contribution in [-0.2, 0) is 15.3 Å². The number of carboxylic acids is 2. The van der Waals surface area contributed by atoms with Gasteiger partial charge in [0.05, 0.1) is 12.8 Å². The maximum absolute atomic E-state index is 9.64. The van der Waals surface area contributed by atoms with Crippen molar-refractivity contribution in [2.75, 3.05) is 19.6 Å². The zero-order valence-corrected chi connectivity index (χ0v) is 21.2. The van der Waals surface area contributed by atoms with Gasteiger partial charge in [0.1, 0.15) is 0 Å². The lowest BCUT2D eigenvalue weighted by Crippen LogP contribution is -2.33. The number of aromatic nitrogens is 1. The predicted molar refractivity (Wildman–Crippen MR) is 142 cm³/mol. The van der Waals surface area contributed by atoms with Crippen molar-refractivity contribution in [3.63, 3.8) is 0 Å². The fourth-order valence-electron chi connectivity index (χ4n) is 4.35. The lowest BCUT2D eigenvalue weighted by Gasteiger charge is -2.31. The van der Waals surface area contributed by atoms with Crippen molar-refractivity contribution in [2.24, 2.45) is 0 Å². The van der Waals surface area contributed by atoms with Gasteiger partial charge in [0.25, 0.3) is 0 Å². The lowest BCUT2D eigenvalue weighted by molar-refractivity contribution is -0.143. The predicted octanol–water partition coefficient (Wildman–Crippen LogP) is 6.38. The van der Waals surface area contributed by atoms with Gasteiger partial charge in [-0.2, -0.15) is 0 Å². The molecule has 0 atom stereocenters. The number of thioether (sulfide) groups is 1. The Morgan fingerprint density at radius 3 is 2.34 bits per heavy atom. The average molecular weight is 497 g/mol. The van der Waals surface area contributed by atoms with Gasteiger partial charge in [-0.15, -0.1) is 11.8 Å². The molecule has 3 aromatic rings. The highest BCUT2D eigenvalue weighted by Crippen LogP contribution is 2.35. The fraction of sp³-hybridized carbons (Fsp3) is 0.429. The van der Waals surface area contributed by atoms with Crippen LogP contribution in [0.5, 0.6) is 0 Å². The van der Waals surface area contributed by atoms with Crippen LogP contribution in [-0.4, -0.2) is 51.7 Å². The Morgan fingerprint density at radius 2 is 1.71 bits per heavy atom. The maximum atomic E-state index is 9.64. The summed E-state index contributed by atoms with van der Waals surface area (Å²) in [6.45, 7) is 6.06. The number of aromatic amines is 1. The van der Waals surface area contributed by atoms with E-state index < -0.39 is 11.9 Å². The molecular weight excluding hydrogens is 460 g/mol. The maximum Gasteiger partial charge on any atom is 0.303 e. The number of hydrogen-bond acceptors (Lipinski definition) is 4. The zero-order chi connectivity index (χ0) is 25.0. The van der Waals surface area contributed by atoms with Crippen LogP contribution in [0.1, 0.15) is 62.5 Å². The Morgan fingerprint density at radius 1 is 1.03 bits per heavy atom. The number of hydrogen-bond donors (Lipinski definition) is 3. The van der Waals surface area contributed by atoms with Crippen LogP contribution in [0, 0.1) is 0 Å². The van der Waals surface area contributed by atoms with E-state index in [1.807, 2.05) is 11.8 Å². The molecule has 188 valence electrons. The molecule has 1 saturated heterocycles. The molecule has 2 aromatic carbocycles. The van der Waals surface area contributed by atoms with Gasteiger partial charge >= 0.3 is 11.9 Å². The lowest BCUT2D eigenvalue weighted by atomic mass is 9.89. The minimum Gasteiger partial charge on any atom is -0.481 e. The number of fused-ring (bicyclic) bond motifs is 1. The molecule has 4 rings (SSSR count). The Bertz CT molecular complexity index is 1060. The number of carbonyl (C=O) groups is 2. The van der Waals surface area contributed by atoms with Crippen molar-refractivity contribution in [1.29, 1.82) is 0 Å². The summed E-state index contributed by atoms with van der Waals surface area (Å²) < 4.78 is 0. The Hall–Kier alpha value is -2.77. The van der Waals surface area contributed by atoms with E-state index in [-0.39, 0.29) is 12.8 Å². The van der Waals surface area contributed by atoms with Gasteiger partial charge in [-0.1, -0.05) is 43.7 Å². The Balaban J connectivity index is 0.000000371. The molecule has 1 fully saturated rings. The van der Waals surface area contributed by atoms with Crippen molar-refractivity contribution in [1.82, 2.24) is 9.88 Å². The smallest absolute Gasteiger partial charge is 0.303 e. The van der Waals surface area contributed by atoms with E-state index in [0.717, 1.165) is 5.75 Å². The summed E-state index contributed by atoms with van der Waals surface area (Å²) in [5.74, 6) is -0.423. The monoisotopic (exact) mass is 496 g/mol. The molecule has 0 aliphatic carbocycles. The molecule has 1 aliphatic rings. The molecular formula is C28H36N2O4S. The number of H-pyrrole nitrogens is 1. The number of unbranched alkanes of at least 4 members (excludes halogenated alkanes) is 1. The average Bonchev–Trinajstić information content (AvgIpc) is 3.29. The molecule has 0 spiro atoms. The van der Waals surface area contributed by atoms with Gasteiger partial charge in [-0.3, -0.25) is 9.59 Å². The molecule has 3 N–H and O–H groups in total. The molecule has 1 aliphatic heterocycles. The highest BCUT2D eigenvalue weighted by Gasteiger charge is 2.22. The zero-order valence-electron chi connectivity index (χ0n) is 20.4. The topological polar surface area (TPSA) is 93.6 Å². The second-order valence-electron chi connectivity index (χ2n) is 8.98. The number of likely N-dealkylation sites (tertiary alicyclic amines) is 1. The van der Waals surface area contributed by atoms with E-state index in [1.54, 1.807) is 0 Å². The number of piperidine rings is 1. The summed E-state index contributed by atoms with van der Waals surface area (Å²) in [5, 5.41) is 17.2. The number of benzene rings is 2. The molecule has 0 unspecified atom stereocenters. The van der Waals surface area contributed by atoms with Crippen molar-refractivity contribution < 1.29 is 19.8 Å². The van der Waals surface area contributed by atoms with Crippen LogP contribution < -0.4 is 0 Å². The van der Waals surface area contributed by atoms with E-state index in [9.17, 15) is 9.59 Å². The van der Waals surface area contributed by atoms with Crippen LogP contribution in [0.3, 0.4) is 0 Å². The largest absolute Gasteiger partial charge is 0.481 e. The summed E-state index contributed by atoms with van der Waals surface area (Å²) in [4.78, 5) is 26.8. The summed E-state index contributed by atoms with van der Waals surface area (Å²) in [5.41, 5.74) is 4.20. The summed E-state index contributed by atoms with van der Waals surface area (Å²) in [6, 6.07) is 17.6. The first-order valence-electron chi connectivity index (χ1n) is 12.4. The minimum absolute atomic E-state index is 0.296. The van der Waals surface area contributed by atoms with Crippen LogP contribution in [0.4, 0.5) is 0 Å². The van der Waals surface area contributed by atoms with E-state index >= 15 is 0 Å². The van der Waals surface area contributed by atoms with Crippen molar-refractivity contribution in [3.05, 3.63) is 65.9 Å². The quantitative estimate of drug-likeness (QED) is 0.282. The van der Waals surface area contributed by atoms with Crippen LogP contribution in [0.25, 0.3) is 10.9 Å². The molecule has 7 heteroatoms.